The summed E-state index contributed by atoms with van der Waals surface area (Å²) in [6.07, 6.45) is 2.05. The van der Waals surface area contributed by atoms with Gasteiger partial charge in [-0.25, -0.2) is 0 Å². The smallest absolute Gasteiger partial charge is 0.222 e. The molecule has 6 heteroatoms. The average Bonchev–Trinajstić information content (AvgIpc) is 2.87. The standard InChI is InChI=1S/C19H19BrN2O3/c1-2-3-10-25-17-7-5-4-6-13(17)12-22-16-9-8-14(20)11-15(16)18(21-24)19(22)23/h4-9,11,23H,2-3,10,12H2,1H3. The summed E-state index contributed by atoms with van der Waals surface area (Å²) in [4.78, 5) is 11.2. The predicted octanol–water partition coefficient (Wildman–Crippen LogP) is 5.73. The summed E-state index contributed by atoms with van der Waals surface area (Å²) < 4.78 is 8.37. The van der Waals surface area contributed by atoms with Crippen molar-refractivity contribution in [2.45, 2.75) is 26.3 Å². The van der Waals surface area contributed by atoms with Gasteiger partial charge >= 0.3 is 0 Å². The molecule has 0 radical (unpaired) electrons. The second kappa shape index (κ2) is 7.70. The van der Waals surface area contributed by atoms with Crippen LogP contribution in [0.1, 0.15) is 25.3 Å². The molecule has 0 amide bonds. The number of hydrogen-bond donors (Lipinski definition) is 1. The molecule has 3 rings (SSSR count). The maximum Gasteiger partial charge on any atom is 0.222 e. The van der Waals surface area contributed by atoms with Crippen LogP contribution in [0.25, 0.3) is 10.9 Å². The summed E-state index contributed by atoms with van der Waals surface area (Å²) in [5.74, 6) is 0.654. The fourth-order valence-electron chi connectivity index (χ4n) is 2.82. The van der Waals surface area contributed by atoms with E-state index in [-0.39, 0.29) is 11.6 Å². The van der Waals surface area contributed by atoms with Crippen molar-refractivity contribution in [2.24, 2.45) is 5.18 Å². The van der Waals surface area contributed by atoms with Gasteiger partial charge in [0.25, 0.3) is 0 Å². The van der Waals surface area contributed by atoms with Crippen LogP contribution in [-0.2, 0) is 6.54 Å². The fourth-order valence-corrected chi connectivity index (χ4v) is 3.18. The number of para-hydroxylation sites is 1. The van der Waals surface area contributed by atoms with Gasteiger partial charge in [-0.1, -0.05) is 47.5 Å². The summed E-state index contributed by atoms with van der Waals surface area (Å²) in [6.45, 7) is 3.16. The molecule has 1 aromatic heterocycles. The molecule has 5 nitrogen and oxygen atoms in total. The molecule has 2 aromatic carbocycles. The van der Waals surface area contributed by atoms with Crippen molar-refractivity contribution in [1.29, 1.82) is 0 Å². The lowest BCUT2D eigenvalue weighted by Crippen LogP contribution is -2.04. The van der Waals surface area contributed by atoms with E-state index >= 15 is 0 Å². The van der Waals surface area contributed by atoms with Crippen LogP contribution in [0.5, 0.6) is 11.6 Å². The Bertz CT molecular complexity index is 905. The van der Waals surface area contributed by atoms with Crippen molar-refractivity contribution in [2.75, 3.05) is 6.61 Å². The van der Waals surface area contributed by atoms with Gasteiger partial charge in [0.05, 0.1) is 18.7 Å². The predicted molar refractivity (Wildman–Crippen MR) is 103 cm³/mol. The highest BCUT2D eigenvalue weighted by Crippen LogP contribution is 2.40. The number of fused-ring (bicyclic) bond motifs is 1. The molecule has 0 aliphatic rings. The van der Waals surface area contributed by atoms with Crippen LogP contribution in [-0.4, -0.2) is 16.3 Å². The van der Waals surface area contributed by atoms with Gasteiger partial charge in [0.15, 0.2) is 5.69 Å². The molecule has 130 valence electrons. The van der Waals surface area contributed by atoms with E-state index in [1.807, 2.05) is 36.4 Å². The number of halogens is 1. The SMILES string of the molecule is CCCCOc1ccccc1Cn1c(O)c(N=O)c2cc(Br)ccc21. The van der Waals surface area contributed by atoms with E-state index in [9.17, 15) is 10.0 Å². The maximum absolute atomic E-state index is 11.2. The first-order chi connectivity index (χ1) is 12.2. The van der Waals surface area contributed by atoms with E-state index in [2.05, 4.69) is 28.0 Å². The third-order valence-electron chi connectivity index (χ3n) is 4.12. The highest BCUT2D eigenvalue weighted by atomic mass is 79.9. The normalized spacial score (nSPS) is 11.0. The molecule has 0 bridgehead atoms. The first-order valence-corrected chi connectivity index (χ1v) is 8.99. The Morgan fingerprint density at radius 1 is 1.24 bits per heavy atom. The zero-order valence-corrected chi connectivity index (χ0v) is 15.5. The van der Waals surface area contributed by atoms with E-state index in [4.69, 9.17) is 4.74 Å². The minimum absolute atomic E-state index is 0.0562. The minimum atomic E-state index is -0.133. The molecule has 3 aromatic rings. The van der Waals surface area contributed by atoms with E-state index < -0.39 is 0 Å². The van der Waals surface area contributed by atoms with Gasteiger partial charge in [-0.05, 0) is 35.9 Å². The third kappa shape index (κ3) is 3.54. The van der Waals surface area contributed by atoms with Crippen LogP contribution in [0.2, 0.25) is 0 Å². The van der Waals surface area contributed by atoms with Gasteiger partial charge in [-0.3, -0.25) is 0 Å². The molecule has 0 saturated heterocycles. The number of hydrogen-bond acceptors (Lipinski definition) is 4. The van der Waals surface area contributed by atoms with Crippen LogP contribution in [0.3, 0.4) is 0 Å². The molecule has 25 heavy (non-hydrogen) atoms. The zero-order chi connectivity index (χ0) is 17.8. The molecule has 0 saturated carbocycles. The Morgan fingerprint density at radius 2 is 2.04 bits per heavy atom. The lowest BCUT2D eigenvalue weighted by Gasteiger charge is -2.13. The molecular weight excluding hydrogens is 384 g/mol. The van der Waals surface area contributed by atoms with Gasteiger partial charge in [0.1, 0.15) is 5.75 Å². The average molecular weight is 403 g/mol. The molecule has 0 aliphatic heterocycles. The van der Waals surface area contributed by atoms with Crippen LogP contribution in [0.15, 0.2) is 52.1 Å². The number of aromatic hydroxyl groups is 1. The molecule has 0 unspecified atom stereocenters. The van der Waals surface area contributed by atoms with Crippen molar-refractivity contribution in [3.8, 4) is 11.6 Å². The van der Waals surface area contributed by atoms with Gasteiger partial charge < -0.3 is 14.4 Å². The number of aromatic nitrogens is 1. The van der Waals surface area contributed by atoms with Gasteiger partial charge in [0, 0.05) is 15.4 Å². The molecular formula is C19H19BrN2O3. The van der Waals surface area contributed by atoms with E-state index in [0.717, 1.165) is 34.1 Å². The summed E-state index contributed by atoms with van der Waals surface area (Å²) in [5.41, 5.74) is 1.74. The molecule has 1 N–H and O–H groups in total. The third-order valence-corrected chi connectivity index (χ3v) is 4.61. The number of benzene rings is 2. The summed E-state index contributed by atoms with van der Waals surface area (Å²) in [5, 5.41) is 14.1. The fraction of sp³-hybridized carbons (Fsp3) is 0.263. The van der Waals surface area contributed by atoms with E-state index in [1.54, 1.807) is 10.6 Å². The monoisotopic (exact) mass is 402 g/mol. The second-order valence-electron chi connectivity index (χ2n) is 5.82. The molecule has 0 fully saturated rings. The number of nitroso groups, excluding NO2 is 1. The molecule has 0 atom stereocenters. The van der Waals surface area contributed by atoms with E-state index in [0.29, 0.717) is 18.5 Å². The van der Waals surface area contributed by atoms with E-state index in [1.165, 1.54) is 0 Å². The van der Waals surface area contributed by atoms with Gasteiger partial charge in [0.2, 0.25) is 5.88 Å². The summed E-state index contributed by atoms with van der Waals surface area (Å²) >= 11 is 3.39. The lowest BCUT2D eigenvalue weighted by molar-refractivity contribution is 0.305. The lowest BCUT2D eigenvalue weighted by atomic mass is 10.2. The van der Waals surface area contributed by atoms with Crippen molar-refractivity contribution in [3.05, 3.63) is 57.4 Å². The summed E-state index contributed by atoms with van der Waals surface area (Å²) in [6, 6.07) is 13.2. The second-order valence-corrected chi connectivity index (χ2v) is 6.74. The zero-order valence-electron chi connectivity index (χ0n) is 13.9. The highest BCUT2D eigenvalue weighted by Gasteiger charge is 2.19. The highest BCUT2D eigenvalue weighted by molar-refractivity contribution is 9.10. The summed E-state index contributed by atoms with van der Waals surface area (Å²) in [7, 11) is 0. The van der Waals surface area contributed by atoms with Gasteiger partial charge in [-0.2, -0.15) is 0 Å². The molecule has 0 aliphatic carbocycles. The maximum atomic E-state index is 11.2. The number of nitrogens with zero attached hydrogens (tertiary/aromatic N) is 2. The van der Waals surface area contributed by atoms with Crippen molar-refractivity contribution in [3.63, 3.8) is 0 Å². The number of ether oxygens (including phenoxy) is 1. The topological polar surface area (TPSA) is 63.8 Å². The van der Waals surface area contributed by atoms with Crippen molar-refractivity contribution < 1.29 is 9.84 Å². The van der Waals surface area contributed by atoms with Crippen LogP contribution in [0, 0.1) is 4.91 Å². The minimum Gasteiger partial charge on any atom is -0.493 e. The van der Waals surface area contributed by atoms with Crippen LogP contribution < -0.4 is 4.74 Å². The number of unbranched alkanes of at least 4 members (excludes halogenated alkanes) is 1. The largest absolute Gasteiger partial charge is 0.493 e. The quantitative estimate of drug-likeness (QED) is 0.405. The Kier molecular flexibility index (Phi) is 5.38. The van der Waals surface area contributed by atoms with Crippen LogP contribution >= 0.6 is 15.9 Å². The Labute approximate surface area is 154 Å². The van der Waals surface area contributed by atoms with Crippen molar-refractivity contribution >= 4 is 32.5 Å². The van der Waals surface area contributed by atoms with Crippen molar-refractivity contribution in [1.82, 2.24) is 4.57 Å². The molecule has 0 spiro atoms. The van der Waals surface area contributed by atoms with Crippen LogP contribution in [0.4, 0.5) is 5.69 Å². The molecule has 1 heterocycles. The Hall–Kier alpha value is -2.34. The number of rotatable bonds is 7. The first-order valence-electron chi connectivity index (χ1n) is 8.20. The Balaban J connectivity index is 2.02. The van der Waals surface area contributed by atoms with Gasteiger partial charge in [-0.15, -0.1) is 4.91 Å². The first kappa shape index (κ1) is 17.5. The Morgan fingerprint density at radius 3 is 2.80 bits per heavy atom.